The van der Waals surface area contributed by atoms with Crippen molar-refractivity contribution in [3.8, 4) is 0 Å². The Morgan fingerprint density at radius 2 is 2.00 bits per heavy atom. The largest absolute Gasteiger partial charge is 0.314 e. The van der Waals surface area contributed by atoms with Gasteiger partial charge in [0.15, 0.2) is 0 Å². The zero-order valence-corrected chi connectivity index (χ0v) is 11.0. The van der Waals surface area contributed by atoms with E-state index in [9.17, 15) is 0 Å². The fraction of sp³-hybridized carbons (Fsp3) is 1.00. The SMILES string of the molecule is CCNC1CCC(N2CCCCCC2C)C1. The molecule has 0 aromatic heterocycles. The van der Waals surface area contributed by atoms with E-state index in [1.165, 1.54) is 51.5 Å². The minimum absolute atomic E-state index is 0.797. The molecule has 1 saturated heterocycles. The third-order valence-electron chi connectivity index (χ3n) is 4.47. The molecule has 0 amide bonds. The molecule has 1 N–H and O–H groups in total. The monoisotopic (exact) mass is 224 g/mol. The summed E-state index contributed by atoms with van der Waals surface area (Å²) in [5.74, 6) is 0. The lowest BCUT2D eigenvalue weighted by molar-refractivity contribution is 0.147. The van der Waals surface area contributed by atoms with Gasteiger partial charge in [-0.25, -0.2) is 0 Å². The van der Waals surface area contributed by atoms with Gasteiger partial charge in [0.05, 0.1) is 0 Å². The van der Waals surface area contributed by atoms with Crippen LogP contribution in [0, 0.1) is 0 Å². The summed E-state index contributed by atoms with van der Waals surface area (Å²) in [6.07, 6.45) is 9.93. The van der Waals surface area contributed by atoms with Crippen molar-refractivity contribution in [2.45, 2.75) is 76.9 Å². The lowest BCUT2D eigenvalue weighted by atomic mass is 10.1. The molecule has 1 heterocycles. The molecule has 0 spiro atoms. The van der Waals surface area contributed by atoms with E-state index in [0.717, 1.165) is 24.7 Å². The normalized spacial score (nSPS) is 37.5. The van der Waals surface area contributed by atoms with Crippen LogP contribution in [0.5, 0.6) is 0 Å². The molecule has 3 unspecified atom stereocenters. The van der Waals surface area contributed by atoms with E-state index in [4.69, 9.17) is 0 Å². The van der Waals surface area contributed by atoms with Crippen molar-refractivity contribution >= 4 is 0 Å². The third-order valence-corrected chi connectivity index (χ3v) is 4.47. The molecule has 2 rings (SSSR count). The highest BCUT2D eigenvalue weighted by Gasteiger charge is 2.31. The van der Waals surface area contributed by atoms with Crippen molar-refractivity contribution in [3.05, 3.63) is 0 Å². The average Bonchev–Trinajstić information content (AvgIpc) is 2.61. The van der Waals surface area contributed by atoms with E-state index >= 15 is 0 Å². The van der Waals surface area contributed by atoms with E-state index in [1.807, 2.05) is 0 Å². The minimum Gasteiger partial charge on any atom is -0.314 e. The Labute approximate surface area is 101 Å². The fourth-order valence-corrected chi connectivity index (χ4v) is 3.57. The minimum atomic E-state index is 0.797. The Morgan fingerprint density at radius 3 is 2.81 bits per heavy atom. The zero-order chi connectivity index (χ0) is 11.4. The number of nitrogens with one attached hydrogen (secondary N) is 1. The van der Waals surface area contributed by atoms with Gasteiger partial charge in [0.2, 0.25) is 0 Å². The van der Waals surface area contributed by atoms with Gasteiger partial charge >= 0.3 is 0 Å². The molecule has 1 aliphatic carbocycles. The Morgan fingerprint density at radius 1 is 1.12 bits per heavy atom. The molecule has 2 nitrogen and oxygen atoms in total. The molecule has 3 atom stereocenters. The summed E-state index contributed by atoms with van der Waals surface area (Å²) >= 11 is 0. The Kier molecular flexibility index (Phi) is 4.66. The van der Waals surface area contributed by atoms with E-state index in [2.05, 4.69) is 24.1 Å². The summed E-state index contributed by atoms with van der Waals surface area (Å²) in [7, 11) is 0. The summed E-state index contributed by atoms with van der Waals surface area (Å²) < 4.78 is 0. The molecule has 1 aliphatic heterocycles. The Bertz CT molecular complexity index is 205. The third kappa shape index (κ3) is 2.98. The quantitative estimate of drug-likeness (QED) is 0.793. The van der Waals surface area contributed by atoms with Gasteiger partial charge in [-0.2, -0.15) is 0 Å². The molecule has 16 heavy (non-hydrogen) atoms. The number of nitrogens with zero attached hydrogens (tertiary/aromatic N) is 1. The molecule has 0 aromatic carbocycles. The first kappa shape index (κ1) is 12.4. The van der Waals surface area contributed by atoms with Crippen LogP contribution in [0.4, 0.5) is 0 Å². The van der Waals surface area contributed by atoms with Crippen molar-refractivity contribution in [2.75, 3.05) is 13.1 Å². The van der Waals surface area contributed by atoms with Crippen LogP contribution in [-0.2, 0) is 0 Å². The van der Waals surface area contributed by atoms with Gasteiger partial charge in [0, 0.05) is 18.1 Å². The predicted octanol–water partition coefficient (Wildman–Crippen LogP) is 2.78. The first-order valence-corrected chi connectivity index (χ1v) is 7.30. The van der Waals surface area contributed by atoms with Gasteiger partial charge in [-0.15, -0.1) is 0 Å². The van der Waals surface area contributed by atoms with E-state index < -0.39 is 0 Å². The number of hydrogen-bond acceptors (Lipinski definition) is 2. The molecule has 0 radical (unpaired) electrons. The van der Waals surface area contributed by atoms with Crippen molar-refractivity contribution in [2.24, 2.45) is 0 Å². The molecule has 0 aromatic rings. The lowest BCUT2D eigenvalue weighted by Crippen LogP contribution is -2.41. The van der Waals surface area contributed by atoms with Crippen LogP contribution < -0.4 is 5.32 Å². The van der Waals surface area contributed by atoms with Gasteiger partial charge in [-0.1, -0.05) is 19.8 Å². The van der Waals surface area contributed by atoms with E-state index in [-0.39, 0.29) is 0 Å². The topological polar surface area (TPSA) is 15.3 Å². The van der Waals surface area contributed by atoms with Crippen LogP contribution in [0.25, 0.3) is 0 Å². The second-order valence-corrected chi connectivity index (χ2v) is 5.66. The van der Waals surface area contributed by atoms with Crippen LogP contribution in [-0.4, -0.2) is 36.1 Å². The fourth-order valence-electron chi connectivity index (χ4n) is 3.57. The molecule has 94 valence electrons. The zero-order valence-electron chi connectivity index (χ0n) is 11.0. The maximum absolute atomic E-state index is 3.62. The maximum atomic E-state index is 3.62. The Balaban J connectivity index is 1.86. The van der Waals surface area contributed by atoms with Crippen molar-refractivity contribution < 1.29 is 0 Å². The number of rotatable bonds is 3. The Hall–Kier alpha value is -0.0800. The second kappa shape index (κ2) is 6.02. The standard InChI is InChI=1S/C14H28N2/c1-3-15-13-8-9-14(11-13)16-10-6-4-5-7-12(16)2/h12-15H,3-11H2,1-2H3. The number of likely N-dealkylation sites (tertiary alicyclic amines) is 1. The maximum Gasteiger partial charge on any atom is 0.0113 e. The first-order chi connectivity index (χ1) is 7.81. The highest BCUT2D eigenvalue weighted by Crippen LogP contribution is 2.29. The number of hydrogen-bond donors (Lipinski definition) is 1. The second-order valence-electron chi connectivity index (χ2n) is 5.66. The molecule has 2 heteroatoms. The van der Waals surface area contributed by atoms with Crippen LogP contribution in [0.3, 0.4) is 0 Å². The molecule has 2 fully saturated rings. The highest BCUT2D eigenvalue weighted by atomic mass is 15.2. The predicted molar refractivity (Wildman–Crippen MR) is 69.7 cm³/mol. The van der Waals surface area contributed by atoms with Crippen LogP contribution in [0.1, 0.15) is 58.8 Å². The summed E-state index contributed by atoms with van der Waals surface area (Å²) in [5.41, 5.74) is 0. The lowest BCUT2D eigenvalue weighted by Gasteiger charge is -2.33. The van der Waals surface area contributed by atoms with E-state index in [0.29, 0.717) is 0 Å². The summed E-state index contributed by atoms with van der Waals surface area (Å²) in [6, 6.07) is 2.50. The van der Waals surface area contributed by atoms with Gasteiger partial charge in [0.1, 0.15) is 0 Å². The van der Waals surface area contributed by atoms with Gasteiger partial charge in [-0.05, 0) is 52.1 Å². The van der Waals surface area contributed by atoms with Gasteiger partial charge < -0.3 is 5.32 Å². The van der Waals surface area contributed by atoms with Gasteiger partial charge in [-0.3, -0.25) is 4.90 Å². The molecular formula is C14H28N2. The first-order valence-electron chi connectivity index (χ1n) is 7.30. The summed E-state index contributed by atoms with van der Waals surface area (Å²) in [6.45, 7) is 7.14. The van der Waals surface area contributed by atoms with Crippen molar-refractivity contribution in [3.63, 3.8) is 0 Å². The molecule has 0 bridgehead atoms. The molecule has 2 aliphatic rings. The molecule has 1 saturated carbocycles. The average molecular weight is 224 g/mol. The van der Waals surface area contributed by atoms with Gasteiger partial charge in [0.25, 0.3) is 0 Å². The molecular weight excluding hydrogens is 196 g/mol. The summed E-state index contributed by atoms with van der Waals surface area (Å²) in [4.78, 5) is 2.81. The smallest absolute Gasteiger partial charge is 0.0113 e. The highest BCUT2D eigenvalue weighted by molar-refractivity contribution is 4.89. The van der Waals surface area contributed by atoms with Crippen LogP contribution in [0.2, 0.25) is 0 Å². The van der Waals surface area contributed by atoms with Crippen LogP contribution >= 0.6 is 0 Å². The van der Waals surface area contributed by atoms with E-state index in [1.54, 1.807) is 0 Å². The summed E-state index contributed by atoms with van der Waals surface area (Å²) in [5, 5.41) is 3.62. The van der Waals surface area contributed by atoms with Crippen molar-refractivity contribution in [1.29, 1.82) is 0 Å². The van der Waals surface area contributed by atoms with Crippen molar-refractivity contribution in [1.82, 2.24) is 10.2 Å². The van der Waals surface area contributed by atoms with Crippen LogP contribution in [0.15, 0.2) is 0 Å².